The molecule has 0 rings (SSSR count). The lowest BCUT2D eigenvalue weighted by Gasteiger charge is -1.77. The van der Waals surface area contributed by atoms with E-state index in [1.54, 1.807) is 13.2 Å². The molecule has 0 unspecified atom stereocenters. The second kappa shape index (κ2) is 5.88. The van der Waals surface area contributed by atoms with Crippen molar-refractivity contribution in [2.45, 2.75) is 0 Å². The predicted octanol–water partition coefficient (Wildman–Crippen LogP) is -0.0533. The van der Waals surface area contributed by atoms with Crippen molar-refractivity contribution < 1.29 is 4.79 Å². The van der Waals surface area contributed by atoms with Crippen molar-refractivity contribution in [1.29, 1.82) is 0 Å². The van der Waals surface area contributed by atoms with Gasteiger partial charge in [-0.25, -0.2) is 0 Å². The van der Waals surface area contributed by atoms with Crippen molar-refractivity contribution >= 4 is 12.5 Å². The summed E-state index contributed by atoms with van der Waals surface area (Å²) in [6.07, 6.45) is 4.92. The molecule has 0 atom stereocenters. The van der Waals surface area contributed by atoms with E-state index in [4.69, 9.17) is 0 Å². The Morgan fingerprint density at radius 3 is 2.88 bits per heavy atom. The van der Waals surface area contributed by atoms with Crippen LogP contribution in [0.3, 0.4) is 0 Å². The summed E-state index contributed by atoms with van der Waals surface area (Å²) in [5, 5.41) is 2.72. The molecule has 0 spiro atoms. The van der Waals surface area contributed by atoms with Crippen molar-refractivity contribution in [2.75, 3.05) is 7.05 Å². The van der Waals surface area contributed by atoms with Gasteiger partial charge in [0.2, 0.25) is 0 Å². The first-order valence-corrected chi connectivity index (χ1v) is 2.21. The van der Waals surface area contributed by atoms with Crippen LogP contribution in [-0.2, 0) is 4.79 Å². The van der Waals surface area contributed by atoms with Gasteiger partial charge in [-0.2, -0.15) is 0 Å². The highest BCUT2D eigenvalue weighted by molar-refractivity contribution is 6.13. The largest absolute Gasteiger partial charge is 0.393 e. The maximum absolute atomic E-state index is 9.56. The van der Waals surface area contributed by atoms with Gasteiger partial charge >= 0.3 is 0 Å². The Morgan fingerprint density at radius 1 is 1.62 bits per heavy atom. The van der Waals surface area contributed by atoms with Crippen molar-refractivity contribution in [3.8, 4) is 0 Å². The number of aldehydes is 1. The summed E-state index contributed by atoms with van der Waals surface area (Å²) in [6.45, 7) is 0. The molecule has 0 amide bonds. The molecule has 0 saturated heterocycles. The van der Waals surface area contributed by atoms with Gasteiger partial charge in [0.1, 0.15) is 0 Å². The Labute approximate surface area is 48.1 Å². The molecular weight excluding hydrogens is 104 g/mol. The third kappa shape index (κ3) is 4.88. The summed E-state index contributed by atoms with van der Waals surface area (Å²) >= 11 is 0. The molecule has 0 aromatic heterocycles. The summed E-state index contributed by atoms with van der Waals surface area (Å²) in [7, 11) is 1.76. The molecule has 0 aliphatic carbocycles. The zero-order chi connectivity index (χ0) is 6.24. The molecule has 0 saturated carbocycles. The first-order chi connectivity index (χ1) is 3.91. The van der Waals surface area contributed by atoms with Crippen LogP contribution in [-0.4, -0.2) is 19.5 Å². The topological polar surface area (TPSA) is 41.5 Å². The number of hydrogen-bond acceptors (Lipinski definition) is 3. The third-order valence-electron chi connectivity index (χ3n) is 0.474. The van der Waals surface area contributed by atoms with E-state index < -0.39 is 0 Å². The van der Waals surface area contributed by atoms with Crippen LogP contribution >= 0.6 is 0 Å². The van der Waals surface area contributed by atoms with E-state index in [1.165, 1.54) is 12.4 Å². The fourth-order valence-corrected chi connectivity index (χ4v) is 0.202. The van der Waals surface area contributed by atoms with E-state index >= 15 is 0 Å². The van der Waals surface area contributed by atoms with Gasteiger partial charge in [0.15, 0.2) is 6.29 Å². The van der Waals surface area contributed by atoms with E-state index in [1.807, 2.05) is 0 Å². The van der Waals surface area contributed by atoms with Crippen molar-refractivity contribution in [3.63, 3.8) is 0 Å². The quantitative estimate of drug-likeness (QED) is 0.410. The van der Waals surface area contributed by atoms with E-state index in [0.29, 0.717) is 6.29 Å². The molecule has 3 nitrogen and oxygen atoms in total. The summed E-state index contributed by atoms with van der Waals surface area (Å²) in [5.41, 5.74) is 0. The minimum atomic E-state index is 0.625. The molecule has 0 radical (unpaired) electrons. The molecule has 0 aromatic rings. The third-order valence-corrected chi connectivity index (χ3v) is 0.474. The van der Waals surface area contributed by atoms with Crippen molar-refractivity contribution in [3.05, 3.63) is 12.4 Å². The number of carbonyl (C=O) groups is 1. The molecule has 0 fully saturated rings. The minimum absolute atomic E-state index is 0.625. The smallest absolute Gasteiger partial charge is 0.161 e. The monoisotopic (exact) mass is 112 g/mol. The van der Waals surface area contributed by atoms with Gasteiger partial charge < -0.3 is 5.32 Å². The highest BCUT2D eigenvalue weighted by atomic mass is 16.1. The lowest BCUT2D eigenvalue weighted by molar-refractivity contribution is -0.102. The van der Waals surface area contributed by atoms with Crippen LogP contribution < -0.4 is 5.32 Å². The Bertz CT molecular complexity index is 107. The highest BCUT2D eigenvalue weighted by Gasteiger charge is 1.59. The summed E-state index contributed by atoms with van der Waals surface area (Å²) in [5.74, 6) is 0. The molecular formula is C5H8N2O. The lowest BCUT2D eigenvalue weighted by Crippen LogP contribution is -1.89. The first-order valence-electron chi connectivity index (χ1n) is 2.21. The number of hydrogen-bond donors (Lipinski definition) is 1. The van der Waals surface area contributed by atoms with Crippen molar-refractivity contribution in [2.24, 2.45) is 4.99 Å². The maximum Gasteiger partial charge on any atom is 0.161 e. The summed E-state index contributed by atoms with van der Waals surface area (Å²) in [4.78, 5) is 13.1. The van der Waals surface area contributed by atoms with Gasteiger partial charge in [-0.1, -0.05) is 0 Å². The van der Waals surface area contributed by atoms with Crippen LogP contribution in [0.5, 0.6) is 0 Å². The normalized spacial score (nSPS) is 10.6. The fraction of sp³-hybridized carbons (Fsp3) is 0.200. The Hall–Kier alpha value is -1.12. The second-order valence-electron chi connectivity index (χ2n) is 1.04. The van der Waals surface area contributed by atoms with Crippen molar-refractivity contribution in [1.82, 2.24) is 5.32 Å². The van der Waals surface area contributed by atoms with Gasteiger partial charge in [-0.15, -0.1) is 0 Å². The van der Waals surface area contributed by atoms with Gasteiger partial charge in [0, 0.05) is 19.4 Å². The molecule has 8 heavy (non-hydrogen) atoms. The van der Waals surface area contributed by atoms with Crippen LogP contribution in [0.4, 0.5) is 0 Å². The lowest BCUT2D eigenvalue weighted by atomic mass is 10.8. The molecule has 0 aliphatic rings. The highest BCUT2D eigenvalue weighted by Crippen LogP contribution is 1.64. The van der Waals surface area contributed by atoms with Gasteiger partial charge in [-0.05, 0) is 0 Å². The molecule has 1 N–H and O–H groups in total. The molecule has 3 heteroatoms. The SMILES string of the molecule is CN/C=C\N=C/C=O. The standard InChI is InChI=1S/C5H8N2O/c1-6-2-3-7-4-5-8/h2-6H,1H3/b3-2-,7-4-. The number of carbonyl (C=O) groups excluding carboxylic acids is 1. The van der Waals surface area contributed by atoms with E-state index in [0.717, 1.165) is 0 Å². The first kappa shape index (κ1) is 6.88. The predicted molar refractivity (Wildman–Crippen MR) is 32.8 cm³/mol. The zero-order valence-electron chi connectivity index (χ0n) is 4.66. The van der Waals surface area contributed by atoms with E-state index in [9.17, 15) is 4.79 Å². The average molecular weight is 112 g/mol. The molecule has 0 aromatic carbocycles. The second-order valence-corrected chi connectivity index (χ2v) is 1.04. The van der Waals surface area contributed by atoms with Gasteiger partial charge in [-0.3, -0.25) is 9.79 Å². The number of nitrogens with one attached hydrogen (secondary N) is 1. The molecule has 0 bridgehead atoms. The van der Waals surface area contributed by atoms with Crippen LogP contribution in [0.25, 0.3) is 0 Å². The Kier molecular flexibility index (Phi) is 5.06. The number of aliphatic imine (C=N–C) groups is 1. The zero-order valence-corrected chi connectivity index (χ0v) is 4.66. The fourth-order valence-electron chi connectivity index (χ4n) is 0.202. The summed E-state index contributed by atoms with van der Waals surface area (Å²) < 4.78 is 0. The number of nitrogens with zero attached hydrogens (tertiary/aromatic N) is 1. The molecule has 0 heterocycles. The Balaban J connectivity index is 3.26. The Morgan fingerprint density at radius 2 is 2.38 bits per heavy atom. The molecule has 44 valence electrons. The molecule has 0 aliphatic heterocycles. The van der Waals surface area contributed by atoms with Crippen LogP contribution in [0, 0.1) is 0 Å². The van der Waals surface area contributed by atoms with Crippen LogP contribution in [0.2, 0.25) is 0 Å². The van der Waals surface area contributed by atoms with Crippen LogP contribution in [0.1, 0.15) is 0 Å². The van der Waals surface area contributed by atoms with Crippen LogP contribution in [0.15, 0.2) is 17.4 Å². The van der Waals surface area contributed by atoms with Gasteiger partial charge in [0.25, 0.3) is 0 Å². The van der Waals surface area contributed by atoms with E-state index in [2.05, 4.69) is 10.3 Å². The average Bonchev–Trinajstić information content (AvgIpc) is 1.81. The summed E-state index contributed by atoms with van der Waals surface area (Å²) in [6, 6.07) is 0. The van der Waals surface area contributed by atoms with E-state index in [-0.39, 0.29) is 0 Å². The van der Waals surface area contributed by atoms with Gasteiger partial charge in [0.05, 0.1) is 6.21 Å². The number of rotatable bonds is 3. The maximum atomic E-state index is 9.56. The minimum Gasteiger partial charge on any atom is -0.393 e.